The van der Waals surface area contributed by atoms with Crippen LogP contribution in [0.3, 0.4) is 0 Å². The van der Waals surface area contributed by atoms with Crippen LogP contribution in [0.25, 0.3) is 11.8 Å². The second kappa shape index (κ2) is 11.2. The van der Waals surface area contributed by atoms with Crippen LogP contribution in [0.1, 0.15) is 29.9 Å². The first-order valence-corrected chi connectivity index (χ1v) is 11.6. The maximum Gasteiger partial charge on any atom is 0.359 e. The van der Waals surface area contributed by atoms with Gasteiger partial charge in [0.15, 0.2) is 11.4 Å². The maximum absolute atomic E-state index is 13.2. The highest BCUT2D eigenvalue weighted by atomic mass is 16.5. The Balaban J connectivity index is 1.74. The zero-order valence-corrected chi connectivity index (χ0v) is 20.2. The number of H-pyrrole nitrogens is 1. The smallest absolute Gasteiger partial charge is 0.359 e. The van der Waals surface area contributed by atoms with Gasteiger partial charge in [0.1, 0.15) is 0 Å². The van der Waals surface area contributed by atoms with Crippen molar-refractivity contribution in [1.82, 2.24) is 9.78 Å². The van der Waals surface area contributed by atoms with Gasteiger partial charge >= 0.3 is 11.9 Å². The third-order valence-electron chi connectivity index (χ3n) is 5.29. The lowest BCUT2D eigenvalue weighted by Gasteiger charge is -2.10. The van der Waals surface area contributed by atoms with Crippen LogP contribution in [-0.2, 0) is 19.1 Å². The molecule has 1 N–H and O–H groups in total. The van der Waals surface area contributed by atoms with E-state index in [1.807, 2.05) is 0 Å². The lowest BCUT2D eigenvalue weighted by atomic mass is 10.1. The van der Waals surface area contributed by atoms with Crippen LogP contribution in [0, 0.1) is 0 Å². The third kappa shape index (κ3) is 5.18. The fourth-order valence-electron chi connectivity index (χ4n) is 3.62. The van der Waals surface area contributed by atoms with Crippen LogP contribution >= 0.6 is 0 Å². The predicted octanol–water partition coefficient (Wildman–Crippen LogP) is 3.25. The molecule has 0 saturated heterocycles. The van der Waals surface area contributed by atoms with E-state index in [9.17, 15) is 19.2 Å². The van der Waals surface area contributed by atoms with Crippen LogP contribution in [0.15, 0.2) is 88.3 Å². The molecule has 0 unspecified atom stereocenters. The number of carbonyl (C=O) groups excluding carboxylic acids is 3. The highest BCUT2D eigenvalue weighted by Crippen LogP contribution is 2.24. The third-order valence-corrected chi connectivity index (χ3v) is 5.29. The monoisotopic (exact) mass is 500 g/mol. The number of ether oxygens (including phenoxy) is 2. The number of hydrogen-bond acceptors (Lipinski definition) is 7. The number of esters is 2. The van der Waals surface area contributed by atoms with E-state index in [0.717, 1.165) is 5.01 Å². The predicted molar refractivity (Wildman–Crippen MR) is 137 cm³/mol. The fraction of sp³-hybridized carbons (Fsp3) is 0.148. The first-order chi connectivity index (χ1) is 18.0. The lowest BCUT2D eigenvalue weighted by molar-refractivity contribution is -0.135. The molecule has 3 aromatic rings. The molecule has 0 aliphatic carbocycles. The molecule has 188 valence electrons. The molecule has 0 radical (unpaired) electrons. The standard InChI is InChI=1S/C27H24N4O6/c1-3-36-26(34)22-20(24(32)30(28-22)18-12-7-5-8-13-18)16-11-17-21-23(27(35)37-4-2)29-31(25(21)33)19-14-9-6-10-15-19/h5-17,28H,3-4H2,1-2H3/b16-11+,21-17-. The van der Waals surface area contributed by atoms with Gasteiger partial charge in [-0.1, -0.05) is 42.5 Å². The van der Waals surface area contributed by atoms with Gasteiger partial charge in [-0.25, -0.2) is 14.3 Å². The summed E-state index contributed by atoms with van der Waals surface area (Å²) in [7, 11) is 0. The van der Waals surface area contributed by atoms with Crippen LogP contribution < -0.4 is 10.6 Å². The van der Waals surface area contributed by atoms with Crippen molar-refractivity contribution in [2.45, 2.75) is 13.8 Å². The molecule has 1 aliphatic heterocycles. The number of aromatic nitrogens is 2. The van der Waals surface area contributed by atoms with Gasteiger partial charge in [0, 0.05) is 0 Å². The zero-order valence-electron chi connectivity index (χ0n) is 20.2. The summed E-state index contributed by atoms with van der Waals surface area (Å²) >= 11 is 0. The number of carbonyl (C=O) groups is 3. The average Bonchev–Trinajstić information content (AvgIpc) is 3.42. The van der Waals surface area contributed by atoms with Crippen molar-refractivity contribution in [3.8, 4) is 5.69 Å². The molecule has 37 heavy (non-hydrogen) atoms. The Morgan fingerprint density at radius 3 is 2.11 bits per heavy atom. The first-order valence-electron chi connectivity index (χ1n) is 11.6. The first kappa shape index (κ1) is 25.1. The molecule has 10 heteroatoms. The summed E-state index contributed by atoms with van der Waals surface area (Å²) in [6.45, 7) is 3.53. The molecule has 0 atom stereocenters. The van der Waals surface area contributed by atoms with Crippen molar-refractivity contribution in [3.05, 3.63) is 100.0 Å². The van der Waals surface area contributed by atoms with Crippen molar-refractivity contribution in [2.24, 2.45) is 5.10 Å². The summed E-state index contributed by atoms with van der Waals surface area (Å²) in [5.41, 5.74) is 0.302. The molecular formula is C27H24N4O6. The summed E-state index contributed by atoms with van der Waals surface area (Å²) in [4.78, 5) is 51.4. The number of nitrogens with one attached hydrogen (secondary N) is 1. The van der Waals surface area contributed by atoms with Gasteiger partial charge in [-0.2, -0.15) is 10.1 Å². The molecule has 2 aromatic carbocycles. The van der Waals surface area contributed by atoms with Crippen LogP contribution in [0.4, 0.5) is 5.69 Å². The Morgan fingerprint density at radius 2 is 1.49 bits per heavy atom. The van der Waals surface area contributed by atoms with E-state index in [4.69, 9.17) is 9.47 Å². The van der Waals surface area contributed by atoms with E-state index in [1.165, 1.54) is 22.9 Å². The maximum atomic E-state index is 13.2. The van der Waals surface area contributed by atoms with Crippen LogP contribution in [-0.4, -0.2) is 46.6 Å². The Hall–Kier alpha value is -4.99. The highest BCUT2D eigenvalue weighted by molar-refractivity contribution is 6.53. The van der Waals surface area contributed by atoms with Crippen LogP contribution in [0.5, 0.6) is 0 Å². The van der Waals surface area contributed by atoms with E-state index in [0.29, 0.717) is 11.4 Å². The normalized spacial score (nSPS) is 14.3. The van der Waals surface area contributed by atoms with Gasteiger partial charge in [-0.3, -0.25) is 14.7 Å². The molecule has 0 saturated carbocycles. The molecule has 1 aliphatic rings. The summed E-state index contributed by atoms with van der Waals surface area (Å²) in [5, 5.41) is 8.07. The van der Waals surface area contributed by atoms with Gasteiger partial charge in [0.25, 0.3) is 11.5 Å². The second-order valence-electron chi connectivity index (χ2n) is 7.66. The summed E-state index contributed by atoms with van der Waals surface area (Å²) < 4.78 is 11.4. The Morgan fingerprint density at radius 1 is 0.892 bits per heavy atom. The number of benzene rings is 2. The van der Waals surface area contributed by atoms with Crippen LogP contribution in [0.2, 0.25) is 0 Å². The lowest BCUT2D eigenvalue weighted by Crippen LogP contribution is -2.22. The number of nitrogens with zero attached hydrogens (tertiary/aromatic N) is 3. The topological polar surface area (TPSA) is 123 Å². The molecule has 0 bridgehead atoms. The number of hydrogen-bond donors (Lipinski definition) is 1. The Kier molecular flexibility index (Phi) is 7.58. The number of amides is 1. The molecule has 1 aromatic heterocycles. The van der Waals surface area contributed by atoms with Crippen molar-refractivity contribution in [2.75, 3.05) is 18.2 Å². The fourth-order valence-corrected chi connectivity index (χ4v) is 3.62. The van der Waals surface area contributed by atoms with Gasteiger partial charge in [0.2, 0.25) is 0 Å². The van der Waals surface area contributed by atoms with Crippen molar-refractivity contribution in [1.29, 1.82) is 0 Å². The number of para-hydroxylation sites is 2. The number of rotatable bonds is 8. The molecule has 0 fully saturated rings. The van der Waals surface area contributed by atoms with Gasteiger partial charge < -0.3 is 9.47 Å². The van der Waals surface area contributed by atoms with Gasteiger partial charge in [-0.05, 0) is 50.3 Å². The van der Waals surface area contributed by atoms with E-state index in [1.54, 1.807) is 74.5 Å². The van der Waals surface area contributed by atoms with Crippen molar-refractivity contribution >= 4 is 35.3 Å². The van der Waals surface area contributed by atoms with Gasteiger partial charge in [-0.15, -0.1) is 0 Å². The molecule has 0 spiro atoms. The minimum absolute atomic E-state index is 0.0184. The number of anilines is 1. The van der Waals surface area contributed by atoms with E-state index < -0.39 is 23.4 Å². The number of hydrazone groups is 1. The van der Waals surface area contributed by atoms with Crippen molar-refractivity contribution in [3.63, 3.8) is 0 Å². The van der Waals surface area contributed by atoms with Crippen molar-refractivity contribution < 1.29 is 23.9 Å². The summed E-state index contributed by atoms with van der Waals surface area (Å²) in [6.07, 6.45) is 4.13. The molecular weight excluding hydrogens is 476 g/mol. The molecule has 1 amide bonds. The minimum atomic E-state index is -0.755. The quantitative estimate of drug-likeness (QED) is 0.374. The van der Waals surface area contributed by atoms with E-state index in [-0.39, 0.29) is 35.8 Å². The minimum Gasteiger partial charge on any atom is -0.461 e. The number of aromatic amines is 1. The van der Waals surface area contributed by atoms with E-state index in [2.05, 4.69) is 10.2 Å². The Labute approximate surface area is 212 Å². The Bertz CT molecular complexity index is 1470. The molecule has 2 heterocycles. The molecule has 4 rings (SSSR count). The molecule has 10 nitrogen and oxygen atoms in total. The second-order valence-corrected chi connectivity index (χ2v) is 7.66. The largest absolute Gasteiger partial charge is 0.461 e. The zero-order chi connectivity index (χ0) is 26.4. The number of allylic oxidation sites excluding steroid dienone is 2. The average molecular weight is 501 g/mol. The summed E-state index contributed by atoms with van der Waals surface area (Å²) in [6, 6.07) is 17.4. The van der Waals surface area contributed by atoms with Gasteiger partial charge in [0.05, 0.1) is 35.7 Å². The summed E-state index contributed by atoms with van der Waals surface area (Å²) in [5.74, 6) is -2.00. The SMILES string of the molecule is CCOC(=O)C1=NN(c2ccccc2)C(=O)/C1=C\C=C\c1c(C(=O)OCC)[nH]n(-c2ccccc2)c1=O. The highest BCUT2D eigenvalue weighted by Gasteiger charge is 2.35. The van der Waals surface area contributed by atoms with E-state index >= 15 is 0 Å².